The fraction of sp³-hybridized carbons (Fsp3) is 0.300. The number of carbonyl (C=O) groups excluding carboxylic acids is 1. The standard InChI is InChI=1S/C20H25N3O2/c1-4-14(2)16-7-11-19(12-8-16)25-13-20(24)23-22-15(3)17-5-9-18(21)10-6-17/h5-12,14H,4,13,21H2,1-3H3,(H,23,24). The van der Waals surface area contributed by atoms with Gasteiger partial charge in [-0.2, -0.15) is 5.10 Å². The number of hydrogen-bond donors (Lipinski definition) is 2. The van der Waals surface area contributed by atoms with E-state index in [2.05, 4.69) is 24.4 Å². The van der Waals surface area contributed by atoms with E-state index in [1.807, 2.05) is 43.3 Å². The van der Waals surface area contributed by atoms with Crippen LogP contribution in [-0.4, -0.2) is 18.2 Å². The highest BCUT2D eigenvalue weighted by Crippen LogP contribution is 2.21. The lowest BCUT2D eigenvalue weighted by molar-refractivity contribution is -0.123. The van der Waals surface area contributed by atoms with Crippen LogP contribution in [0.2, 0.25) is 0 Å². The van der Waals surface area contributed by atoms with Gasteiger partial charge in [0.05, 0.1) is 5.71 Å². The molecule has 25 heavy (non-hydrogen) atoms. The Labute approximate surface area is 148 Å². The monoisotopic (exact) mass is 339 g/mol. The van der Waals surface area contributed by atoms with Crippen molar-refractivity contribution in [2.24, 2.45) is 5.10 Å². The zero-order valence-electron chi connectivity index (χ0n) is 15.0. The second kappa shape index (κ2) is 8.87. The summed E-state index contributed by atoms with van der Waals surface area (Å²) in [6.07, 6.45) is 1.09. The number of nitrogens with one attached hydrogen (secondary N) is 1. The molecule has 0 bridgehead atoms. The molecule has 5 heteroatoms. The van der Waals surface area contributed by atoms with Gasteiger partial charge in [-0.1, -0.05) is 38.1 Å². The van der Waals surface area contributed by atoms with Gasteiger partial charge in [-0.15, -0.1) is 0 Å². The van der Waals surface area contributed by atoms with Crippen LogP contribution in [0.25, 0.3) is 0 Å². The Bertz CT molecular complexity index is 722. The van der Waals surface area contributed by atoms with E-state index in [9.17, 15) is 4.79 Å². The molecule has 2 rings (SSSR count). The van der Waals surface area contributed by atoms with Crippen molar-refractivity contribution in [3.8, 4) is 5.75 Å². The Morgan fingerprint density at radius 1 is 1.16 bits per heavy atom. The summed E-state index contributed by atoms with van der Waals surface area (Å²) in [7, 11) is 0. The molecule has 1 atom stereocenters. The van der Waals surface area contributed by atoms with Crippen molar-refractivity contribution in [1.82, 2.24) is 5.43 Å². The van der Waals surface area contributed by atoms with Crippen molar-refractivity contribution in [1.29, 1.82) is 0 Å². The van der Waals surface area contributed by atoms with E-state index in [-0.39, 0.29) is 12.5 Å². The number of rotatable bonds is 7. The minimum Gasteiger partial charge on any atom is -0.484 e. The first-order chi connectivity index (χ1) is 12.0. The zero-order chi connectivity index (χ0) is 18.2. The van der Waals surface area contributed by atoms with E-state index < -0.39 is 0 Å². The van der Waals surface area contributed by atoms with Crippen LogP contribution in [-0.2, 0) is 4.79 Å². The molecule has 2 aromatic carbocycles. The maximum absolute atomic E-state index is 11.9. The number of ether oxygens (including phenoxy) is 1. The molecule has 0 saturated heterocycles. The Balaban J connectivity index is 1.84. The maximum atomic E-state index is 11.9. The molecular formula is C20H25N3O2. The summed E-state index contributed by atoms with van der Waals surface area (Å²) in [4.78, 5) is 11.9. The lowest BCUT2D eigenvalue weighted by Crippen LogP contribution is -2.25. The van der Waals surface area contributed by atoms with Gasteiger partial charge >= 0.3 is 0 Å². The molecule has 5 nitrogen and oxygen atoms in total. The van der Waals surface area contributed by atoms with Crippen LogP contribution in [0.4, 0.5) is 5.69 Å². The number of carbonyl (C=O) groups is 1. The third-order valence-corrected chi connectivity index (χ3v) is 4.11. The molecular weight excluding hydrogens is 314 g/mol. The summed E-state index contributed by atoms with van der Waals surface area (Å²) < 4.78 is 5.49. The predicted molar refractivity (Wildman–Crippen MR) is 102 cm³/mol. The predicted octanol–water partition coefficient (Wildman–Crippen LogP) is 3.70. The van der Waals surface area contributed by atoms with Crippen molar-refractivity contribution >= 4 is 17.3 Å². The van der Waals surface area contributed by atoms with Gasteiger partial charge in [0, 0.05) is 5.69 Å². The molecule has 1 unspecified atom stereocenters. The SMILES string of the molecule is CCC(C)c1ccc(OCC(=O)NN=C(C)c2ccc(N)cc2)cc1. The molecule has 0 aromatic heterocycles. The van der Waals surface area contributed by atoms with Crippen LogP contribution < -0.4 is 15.9 Å². The fourth-order valence-electron chi connectivity index (χ4n) is 2.24. The average molecular weight is 339 g/mol. The number of nitrogen functional groups attached to an aromatic ring is 1. The Hall–Kier alpha value is -2.82. The van der Waals surface area contributed by atoms with Crippen molar-refractivity contribution < 1.29 is 9.53 Å². The number of amides is 1. The highest BCUT2D eigenvalue weighted by Gasteiger charge is 2.05. The lowest BCUT2D eigenvalue weighted by Gasteiger charge is -2.10. The Kier molecular flexibility index (Phi) is 6.57. The second-order valence-electron chi connectivity index (χ2n) is 6.02. The molecule has 0 fully saturated rings. The minimum atomic E-state index is -0.305. The molecule has 0 aliphatic rings. The summed E-state index contributed by atoms with van der Waals surface area (Å²) in [5.74, 6) is 0.880. The molecule has 0 heterocycles. The van der Waals surface area contributed by atoms with Crippen LogP contribution in [0.5, 0.6) is 5.75 Å². The molecule has 0 aliphatic heterocycles. The average Bonchev–Trinajstić information content (AvgIpc) is 2.64. The molecule has 2 aromatic rings. The van der Waals surface area contributed by atoms with Crippen molar-refractivity contribution in [3.63, 3.8) is 0 Å². The largest absolute Gasteiger partial charge is 0.484 e. The first kappa shape index (κ1) is 18.5. The van der Waals surface area contributed by atoms with Gasteiger partial charge in [0.25, 0.3) is 5.91 Å². The highest BCUT2D eigenvalue weighted by molar-refractivity contribution is 5.99. The summed E-state index contributed by atoms with van der Waals surface area (Å²) in [5.41, 5.74) is 11.7. The maximum Gasteiger partial charge on any atom is 0.277 e. The number of benzene rings is 2. The third kappa shape index (κ3) is 5.64. The quantitative estimate of drug-likeness (QED) is 0.459. The minimum absolute atomic E-state index is 0.0821. The van der Waals surface area contributed by atoms with Gasteiger partial charge in [-0.05, 0) is 54.7 Å². The molecule has 1 amide bonds. The van der Waals surface area contributed by atoms with E-state index in [1.54, 1.807) is 12.1 Å². The lowest BCUT2D eigenvalue weighted by atomic mass is 9.99. The summed E-state index contributed by atoms with van der Waals surface area (Å²) in [5, 5.41) is 4.08. The molecule has 0 spiro atoms. The van der Waals surface area contributed by atoms with Crippen LogP contribution in [0.3, 0.4) is 0 Å². The van der Waals surface area contributed by atoms with Gasteiger partial charge in [-0.25, -0.2) is 5.43 Å². The smallest absolute Gasteiger partial charge is 0.277 e. The molecule has 132 valence electrons. The Morgan fingerprint density at radius 2 is 1.80 bits per heavy atom. The van der Waals surface area contributed by atoms with Crippen LogP contribution in [0, 0.1) is 0 Å². The van der Waals surface area contributed by atoms with Gasteiger partial charge < -0.3 is 10.5 Å². The fourth-order valence-corrected chi connectivity index (χ4v) is 2.24. The van der Waals surface area contributed by atoms with Crippen molar-refractivity contribution in [2.45, 2.75) is 33.1 Å². The van der Waals surface area contributed by atoms with Crippen molar-refractivity contribution in [2.75, 3.05) is 12.3 Å². The molecule has 0 saturated carbocycles. The van der Waals surface area contributed by atoms with E-state index in [0.717, 1.165) is 12.0 Å². The second-order valence-corrected chi connectivity index (χ2v) is 6.02. The number of hydrogen-bond acceptors (Lipinski definition) is 4. The molecule has 0 radical (unpaired) electrons. The van der Waals surface area contributed by atoms with Gasteiger partial charge in [0.1, 0.15) is 5.75 Å². The van der Waals surface area contributed by atoms with E-state index in [4.69, 9.17) is 10.5 Å². The normalized spacial score (nSPS) is 12.5. The topological polar surface area (TPSA) is 76.7 Å². The summed E-state index contributed by atoms with van der Waals surface area (Å²) in [6, 6.07) is 15.1. The van der Waals surface area contributed by atoms with E-state index in [1.165, 1.54) is 5.56 Å². The first-order valence-electron chi connectivity index (χ1n) is 8.41. The summed E-state index contributed by atoms with van der Waals surface area (Å²) in [6.45, 7) is 6.08. The highest BCUT2D eigenvalue weighted by atomic mass is 16.5. The third-order valence-electron chi connectivity index (χ3n) is 4.11. The van der Waals surface area contributed by atoms with Crippen molar-refractivity contribution in [3.05, 3.63) is 59.7 Å². The van der Waals surface area contributed by atoms with E-state index in [0.29, 0.717) is 23.1 Å². The van der Waals surface area contributed by atoms with Gasteiger partial charge in [-0.3, -0.25) is 4.79 Å². The molecule has 0 aliphatic carbocycles. The molecule has 3 N–H and O–H groups in total. The summed E-state index contributed by atoms with van der Waals surface area (Å²) >= 11 is 0. The van der Waals surface area contributed by atoms with Crippen LogP contribution in [0.15, 0.2) is 53.6 Å². The number of hydrazone groups is 1. The first-order valence-corrected chi connectivity index (χ1v) is 8.41. The van der Waals surface area contributed by atoms with Gasteiger partial charge in [0.15, 0.2) is 6.61 Å². The van der Waals surface area contributed by atoms with Crippen LogP contribution in [0.1, 0.15) is 44.2 Å². The van der Waals surface area contributed by atoms with Crippen LogP contribution >= 0.6 is 0 Å². The zero-order valence-corrected chi connectivity index (χ0v) is 15.0. The van der Waals surface area contributed by atoms with Gasteiger partial charge in [0.2, 0.25) is 0 Å². The van der Waals surface area contributed by atoms with E-state index >= 15 is 0 Å². The number of nitrogens with two attached hydrogens (primary N) is 1. The Morgan fingerprint density at radius 3 is 2.40 bits per heavy atom. The number of nitrogens with zero attached hydrogens (tertiary/aromatic N) is 1. The number of anilines is 1.